The molecule has 0 aliphatic rings. The van der Waals surface area contributed by atoms with E-state index in [0.717, 1.165) is 11.3 Å². The summed E-state index contributed by atoms with van der Waals surface area (Å²) in [7, 11) is 1.19. The monoisotopic (exact) mass is 590 g/mol. The highest BCUT2D eigenvalue weighted by Gasteiger charge is 2.26. The molecule has 3 N–H and O–H groups in total. The molecule has 0 aliphatic carbocycles. The van der Waals surface area contributed by atoms with E-state index < -0.39 is 29.6 Å². The first kappa shape index (κ1) is 32.5. The number of carbonyl (C=O) groups excluding carboxylic acids is 3. The van der Waals surface area contributed by atoms with E-state index in [9.17, 15) is 14.4 Å². The summed E-state index contributed by atoms with van der Waals surface area (Å²) in [6.07, 6.45) is 2.99. The standard InChI is InChI=1S/C31H38N6O6/c1-20-26(27(38)37-24(28(39)41-6)18-33-30(40)43-31(3,4)5)21(2)35-29(34-20)32-17-11-15-23-14-10-16-25(36-23)42-19-22-12-8-7-9-13-22/h7-16,24H,17-19H2,1-6H3,(H,33,40)(H,37,38)(H,32,34,35)/t24-/m0/s1. The van der Waals surface area contributed by atoms with Crippen LogP contribution in [0.2, 0.25) is 0 Å². The number of anilines is 1. The van der Waals surface area contributed by atoms with Gasteiger partial charge < -0.3 is 30.2 Å². The number of hydrogen-bond acceptors (Lipinski definition) is 10. The largest absolute Gasteiger partial charge is 0.473 e. The van der Waals surface area contributed by atoms with Crippen molar-refractivity contribution in [3.05, 3.63) is 82.8 Å². The van der Waals surface area contributed by atoms with Crippen molar-refractivity contribution in [2.24, 2.45) is 0 Å². The number of benzene rings is 1. The average molecular weight is 591 g/mol. The van der Waals surface area contributed by atoms with Gasteiger partial charge in [0.15, 0.2) is 0 Å². The quantitative estimate of drug-likeness (QED) is 0.264. The summed E-state index contributed by atoms with van der Waals surface area (Å²) < 4.78 is 15.8. The Kier molecular flexibility index (Phi) is 11.6. The number of aryl methyl sites for hydroxylation is 2. The lowest BCUT2D eigenvalue weighted by Gasteiger charge is -2.22. The number of aromatic nitrogens is 3. The van der Waals surface area contributed by atoms with E-state index in [1.54, 1.807) is 40.7 Å². The van der Waals surface area contributed by atoms with Gasteiger partial charge in [0.25, 0.3) is 5.91 Å². The third-order valence-electron chi connectivity index (χ3n) is 5.78. The maximum Gasteiger partial charge on any atom is 0.407 e. The van der Waals surface area contributed by atoms with Gasteiger partial charge in [0.2, 0.25) is 11.8 Å². The van der Waals surface area contributed by atoms with E-state index in [2.05, 4.69) is 30.9 Å². The van der Waals surface area contributed by atoms with Gasteiger partial charge in [-0.05, 0) is 52.3 Å². The van der Waals surface area contributed by atoms with Gasteiger partial charge in [-0.3, -0.25) is 4.79 Å². The lowest BCUT2D eigenvalue weighted by atomic mass is 10.1. The third kappa shape index (κ3) is 10.7. The van der Waals surface area contributed by atoms with E-state index >= 15 is 0 Å². The van der Waals surface area contributed by atoms with Crippen molar-refractivity contribution in [2.45, 2.75) is 52.9 Å². The third-order valence-corrected chi connectivity index (χ3v) is 5.78. The second-order valence-corrected chi connectivity index (χ2v) is 10.5. The number of amides is 2. The van der Waals surface area contributed by atoms with E-state index in [-0.39, 0.29) is 12.1 Å². The highest BCUT2D eigenvalue weighted by atomic mass is 16.6. The lowest BCUT2D eigenvalue weighted by molar-refractivity contribution is -0.142. The van der Waals surface area contributed by atoms with Crippen LogP contribution in [0, 0.1) is 13.8 Å². The van der Waals surface area contributed by atoms with Crippen LogP contribution in [0.15, 0.2) is 54.6 Å². The Morgan fingerprint density at radius 3 is 2.30 bits per heavy atom. The molecule has 1 atom stereocenters. The first-order chi connectivity index (χ1) is 20.4. The number of nitrogens with zero attached hydrogens (tertiary/aromatic N) is 3. The zero-order valence-electron chi connectivity index (χ0n) is 25.3. The summed E-state index contributed by atoms with van der Waals surface area (Å²) in [4.78, 5) is 50.7. The van der Waals surface area contributed by atoms with E-state index in [4.69, 9.17) is 14.2 Å². The van der Waals surface area contributed by atoms with Crippen LogP contribution in [-0.2, 0) is 20.9 Å². The van der Waals surface area contributed by atoms with Crippen LogP contribution >= 0.6 is 0 Å². The predicted molar refractivity (Wildman–Crippen MR) is 162 cm³/mol. The van der Waals surface area contributed by atoms with Crippen LogP contribution < -0.4 is 20.7 Å². The van der Waals surface area contributed by atoms with Gasteiger partial charge in [-0.1, -0.05) is 42.5 Å². The van der Waals surface area contributed by atoms with Crippen molar-refractivity contribution >= 4 is 30.0 Å². The Hall–Kier alpha value is -5.00. The van der Waals surface area contributed by atoms with Gasteiger partial charge in [-0.2, -0.15) is 0 Å². The van der Waals surface area contributed by atoms with E-state index in [0.29, 0.717) is 36.4 Å². The second kappa shape index (κ2) is 15.3. The number of esters is 1. The SMILES string of the molecule is COC(=O)[C@H](CNC(=O)OC(C)(C)C)NC(=O)c1c(C)nc(NCC=Cc2cccc(OCc3ccccc3)n2)nc1C. The first-order valence-electron chi connectivity index (χ1n) is 13.7. The molecule has 0 bridgehead atoms. The molecule has 2 aromatic heterocycles. The van der Waals surface area contributed by atoms with Crippen molar-refractivity contribution in [3.8, 4) is 5.88 Å². The molecular weight excluding hydrogens is 552 g/mol. The summed E-state index contributed by atoms with van der Waals surface area (Å²) >= 11 is 0. The Morgan fingerprint density at radius 1 is 0.953 bits per heavy atom. The van der Waals surface area contributed by atoms with Gasteiger partial charge in [-0.15, -0.1) is 0 Å². The molecule has 43 heavy (non-hydrogen) atoms. The van der Waals surface area contributed by atoms with Crippen LogP contribution in [-0.4, -0.2) is 64.8 Å². The molecule has 228 valence electrons. The smallest absolute Gasteiger partial charge is 0.407 e. The fourth-order valence-corrected chi connectivity index (χ4v) is 3.85. The van der Waals surface area contributed by atoms with Gasteiger partial charge in [-0.25, -0.2) is 24.5 Å². The molecule has 0 radical (unpaired) electrons. The molecule has 0 spiro atoms. The van der Waals surface area contributed by atoms with Gasteiger partial charge >= 0.3 is 12.1 Å². The molecule has 0 unspecified atom stereocenters. The molecule has 3 rings (SSSR count). The predicted octanol–water partition coefficient (Wildman–Crippen LogP) is 3.99. The molecule has 3 aromatic rings. The summed E-state index contributed by atoms with van der Waals surface area (Å²) in [5.41, 5.74) is 2.10. The number of alkyl carbamates (subject to hydrolysis) is 1. The maximum atomic E-state index is 13.1. The summed E-state index contributed by atoms with van der Waals surface area (Å²) in [6.45, 7) is 9.09. The van der Waals surface area contributed by atoms with Crippen LogP contribution in [0.5, 0.6) is 5.88 Å². The molecule has 2 amide bonds. The molecular formula is C31H38N6O6. The number of pyridine rings is 1. The highest BCUT2D eigenvalue weighted by Crippen LogP contribution is 2.14. The van der Waals surface area contributed by atoms with E-state index in [1.165, 1.54) is 7.11 Å². The van der Waals surface area contributed by atoms with Crippen molar-refractivity contribution < 1.29 is 28.6 Å². The maximum absolute atomic E-state index is 13.1. The number of nitrogens with one attached hydrogen (secondary N) is 3. The van der Waals surface area contributed by atoms with Crippen molar-refractivity contribution in [2.75, 3.05) is 25.5 Å². The summed E-state index contributed by atoms with van der Waals surface area (Å²) in [5.74, 6) is -0.450. The fourth-order valence-electron chi connectivity index (χ4n) is 3.85. The Labute approximate surface area is 251 Å². The normalized spacial score (nSPS) is 11.9. The Bertz CT molecular complexity index is 1420. The van der Waals surface area contributed by atoms with Gasteiger partial charge in [0.1, 0.15) is 18.2 Å². The highest BCUT2D eigenvalue weighted by molar-refractivity contribution is 5.98. The topological polar surface area (TPSA) is 154 Å². The number of ether oxygens (including phenoxy) is 3. The van der Waals surface area contributed by atoms with Gasteiger partial charge in [0.05, 0.1) is 36.3 Å². The minimum atomic E-state index is -1.15. The Morgan fingerprint density at radius 2 is 1.65 bits per heavy atom. The zero-order valence-corrected chi connectivity index (χ0v) is 25.3. The van der Waals surface area contributed by atoms with Crippen LogP contribution in [0.3, 0.4) is 0 Å². The molecule has 1 aromatic carbocycles. The molecule has 2 heterocycles. The summed E-state index contributed by atoms with van der Waals surface area (Å²) in [5, 5.41) is 8.16. The molecule has 0 aliphatic heterocycles. The molecule has 0 fully saturated rings. The zero-order chi connectivity index (χ0) is 31.4. The Balaban J connectivity index is 1.57. The minimum absolute atomic E-state index is 0.212. The van der Waals surface area contributed by atoms with Crippen molar-refractivity contribution in [3.63, 3.8) is 0 Å². The van der Waals surface area contributed by atoms with Crippen LogP contribution in [0.25, 0.3) is 6.08 Å². The fraction of sp³-hybridized carbons (Fsp3) is 0.355. The molecule has 0 saturated carbocycles. The number of methoxy groups -OCH3 is 1. The van der Waals surface area contributed by atoms with Crippen molar-refractivity contribution in [1.82, 2.24) is 25.6 Å². The second-order valence-electron chi connectivity index (χ2n) is 10.5. The first-order valence-corrected chi connectivity index (χ1v) is 13.7. The van der Waals surface area contributed by atoms with E-state index in [1.807, 2.05) is 54.6 Å². The number of carbonyl (C=O) groups is 3. The van der Waals surface area contributed by atoms with Crippen molar-refractivity contribution in [1.29, 1.82) is 0 Å². The molecule has 12 heteroatoms. The minimum Gasteiger partial charge on any atom is -0.473 e. The number of hydrogen-bond donors (Lipinski definition) is 3. The van der Waals surface area contributed by atoms with Crippen LogP contribution in [0.4, 0.5) is 10.7 Å². The summed E-state index contributed by atoms with van der Waals surface area (Å²) in [6, 6.07) is 14.3. The molecule has 0 saturated heterocycles. The van der Waals surface area contributed by atoms with Gasteiger partial charge in [0, 0.05) is 12.6 Å². The number of rotatable bonds is 12. The lowest BCUT2D eigenvalue weighted by Crippen LogP contribution is -2.50. The van der Waals surface area contributed by atoms with Crippen LogP contribution in [0.1, 0.15) is 53.8 Å². The average Bonchev–Trinajstić information content (AvgIpc) is 2.95. The molecule has 12 nitrogen and oxygen atoms in total.